The van der Waals surface area contributed by atoms with Crippen LogP contribution >= 0.6 is 0 Å². The van der Waals surface area contributed by atoms with Crippen LogP contribution in [0.1, 0.15) is 37.7 Å². The summed E-state index contributed by atoms with van der Waals surface area (Å²) in [5, 5.41) is 11.6. The van der Waals surface area contributed by atoms with Gasteiger partial charge in [-0.15, -0.1) is 0 Å². The smallest absolute Gasteiger partial charge is 0.228 e. The van der Waals surface area contributed by atoms with Gasteiger partial charge in [0.05, 0.1) is 17.6 Å². The number of pyridine rings is 1. The van der Waals surface area contributed by atoms with Crippen LogP contribution in [-0.4, -0.2) is 26.9 Å². The highest BCUT2D eigenvalue weighted by molar-refractivity contribution is 5.67. The second kappa shape index (κ2) is 7.64. The van der Waals surface area contributed by atoms with Crippen LogP contribution in [0.2, 0.25) is 0 Å². The maximum absolute atomic E-state index is 12.4. The number of halogens is 1. The lowest BCUT2D eigenvalue weighted by Crippen LogP contribution is -2.42. The Hall–Kier alpha value is -2.86. The van der Waals surface area contributed by atoms with Crippen molar-refractivity contribution in [2.24, 2.45) is 5.41 Å². The van der Waals surface area contributed by atoms with E-state index in [1.54, 1.807) is 43.0 Å². The van der Waals surface area contributed by atoms with E-state index in [9.17, 15) is 9.50 Å². The average Bonchev–Trinajstić information content (AvgIpc) is 2.68. The van der Waals surface area contributed by atoms with Gasteiger partial charge in [0.15, 0.2) is 5.60 Å². The van der Waals surface area contributed by atoms with E-state index in [0.717, 1.165) is 16.7 Å². The number of alkyl halides is 1. The molecule has 0 aliphatic rings. The van der Waals surface area contributed by atoms with Gasteiger partial charge in [0.2, 0.25) is 6.86 Å². The zero-order valence-electron chi connectivity index (χ0n) is 16.5. The molecular weight excluding hydrogens is 357 g/mol. The quantitative estimate of drug-likeness (QED) is 0.708. The highest BCUT2D eigenvalue weighted by atomic mass is 19.1. The monoisotopic (exact) mass is 381 g/mol. The van der Waals surface area contributed by atoms with E-state index in [2.05, 4.69) is 15.0 Å². The lowest BCUT2D eigenvalue weighted by Gasteiger charge is -2.39. The van der Waals surface area contributed by atoms with Gasteiger partial charge < -0.3 is 9.84 Å². The Morgan fingerprint density at radius 2 is 1.79 bits per heavy atom. The molecule has 3 rings (SSSR count). The molecule has 28 heavy (non-hydrogen) atoms. The third-order valence-electron chi connectivity index (χ3n) is 4.88. The number of nitrogens with zero attached hydrogens (tertiary/aromatic N) is 3. The maximum atomic E-state index is 12.4. The van der Waals surface area contributed by atoms with Crippen LogP contribution in [0.4, 0.5) is 4.39 Å². The van der Waals surface area contributed by atoms with Gasteiger partial charge in [-0.25, -0.2) is 4.39 Å². The third-order valence-corrected chi connectivity index (χ3v) is 4.88. The molecule has 0 saturated heterocycles. The van der Waals surface area contributed by atoms with E-state index >= 15 is 0 Å². The Morgan fingerprint density at radius 1 is 1.00 bits per heavy atom. The number of ether oxygens (including phenoxy) is 1. The van der Waals surface area contributed by atoms with Gasteiger partial charge in [-0.3, -0.25) is 15.0 Å². The van der Waals surface area contributed by atoms with E-state index < -0.39 is 17.9 Å². The van der Waals surface area contributed by atoms with Crippen molar-refractivity contribution in [1.82, 2.24) is 15.0 Å². The van der Waals surface area contributed by atoms with Gasteiger partial charge in [-0.1, -0.05) is 32.9 Å². The Labute approximate surface area is 164 Å². The molecular formula is C22H24FN3O2. The van der Waals surface area contributed by atoms with Crippen molar-refractivity contribution < 1.29 is 14.2 Å². The molecule has 146 valence electrons. The molecule has 0 bridgehead atoms. The number of aromatic nitrogens is 3. The minimum absolute atomic E-state index is 0.451. The molecule has 6 heteroatoms. The highest BCUT2D eigenvalue weighted by Crippen LogP contribution is 2.43. The molecule has 0 radical (unpaired) electrons. The first-order chi connectivity index (χ1) is 13.3. The van der Waals surface area contributed by atoms with Crippen molar-refractivity contribution in [3.63, 3.8) is 0 Å². The molecule has 3 aromatic rings. The Balaban J connectivity index is 2.01. The molecule has 0 amide bonds. The molecule has 2 aromatic heterocycles. The van der Waals surface area contributed by atoms with Crippen LogP contribution in [0.15, 0.2) is 55.1 Å². The minimum Gasteiger partial charge on any atom is -0.463 e. The van der Waals surface area contributed by atoms with Gasteiger partial charge >= 0.3 is 0 Å². The van der Waals surface area contributed by atoms with E-state index in [1.165, 1.54) is 0 Å². The Kier molecular flexibility index (Phi) is 5.42. The summed E-state index contributed by atoms with van der Waals surface area (Å²) in [5.74, 6) is 0.484. The molecule has 1 unspecified atom stereocenters. The van der Waals surface area contributed by atoms with Gasteiger partial charge in [-0.05, 0) is 36.2 Å². The fraction of sp³-hybridized carbons (Fsp3) is 0.318. The number of benzene rings is 1. The van der Waals surface area contributed by atoms with Crippen LogP contribution in [-0.2, 0) is 5.60 Å². The highest BCUT2D eigenvalue weighted by Gasteiger charge is 2.46. The van der Waals surface area contributed by atoms with E-state index in [-0.39, 0.29) is 0 Å². The van der Waals surface area contributed by atoms with Crippen LogP contribution in [0, 0.1) is 12.3 Å². The average molecular weight is 381 g/mol. The summed E-state index contributed by atoms with van der Waals surface area (Å²) in [6.07, 6.45) is 6.42. The molecule has 1 N–H and O–H groups in total. The molecule has 2 heterocycles. The van der Waals surface area contributed by atoms with Crippen molar-refractivity contribution in [3.05, 3.63) is 72.1 Å². The molecule has 1 atom stereocenters. The minimum atomic E-state index is -1.40. The zero-order chi connectivity index (χ0) is 20.4. The van der Waals surface area contributed by atoms with E-state index in [4.69, 9.17) is 4.74 Å². The normalized spacial score (nSPS) is 13.8. The summed E-state index contributed by atoms with van der Waals surface area (Å²) in [6, 6.07) is 9.10. The number of aryl methyl sites for hydroxylation is 1. The number of aliphatic hydroxyl groups is 1. The lowest BCUT2D eigenvalue weighted by molar-refractivity contribution is -0.0335. The predicted octanol–water partition coefficient (Wildman–Crippen LogP) is 4.43. The van der Waals surface area contributed by atoms with Crippen LogP contribution in [0.3, 0.4) is 0 Å². The van der Waals surface area contributed by atoms with Crippen molar-refractivity contribution in [1.29, 1.82) is 0 Å². The first kappa shape index (κ1) is 19.9. The molecule has 0 aliphatic heterocycles. The number of hydrogen-bond acceptors (Lipinski definition) is 5. The van der Waals surface area contributed by atoms with Gasteiger partial charge in [0.1, 0.15) is 5.75 Å². The SMILES string of the molecule is Cc1cc(OCF)ccc1-c1ccc(C(O)(c2cnccn2)C(C)(C)C)nc1. The molecule has 1 aromatic carbocycles. The summed E-state index contributed by atoms with van der Waals surface area (Å²) in [4.78, 5) is 13.0. The van der Waals surface area contributed by atoms with Crippen molar-refractivity contribution in [2.75, 3.05) is 6.86 Å². The van der Waals surface area contributed by atoms with Gasteiger partial charge in [0.25, 0.3) is 0 Å². The molecule has 0 spiro atoms. The predicted molar refractivity (Wildman–Crippen MR) is 105 cm³/mol. The van der Waals surface area contributed by atoms with Crippen molar-refractivity contribution in [2.45, 2.75) is 33.3 Å². The Morgan fingerprint density at radius 3 is 2.32 bits per heavy atom. The lowest BCUT2D eigenvalue weighted by atomic mass is 9.72. The topological polar surface area (TPSA) is 68.1 Å². The second-order valence-electron chi connectivity index (χ2n) is 7.71. The standard InChI is InChI=1S/C22H24FN3O2/c1-15-11-17(28-14-23)6-7-18(15)16-5-8-19(26-12-16)22(27,21(2,3)4)20-13-24-9-10-25-20/h5-13,27H,14H2,1-4H3. The largest absolute Gasteiger partial charge is 0.463 e. The number of hydrogen-bond donors (Lipinski definition) is 1. The summed E-state index contributed by atoms with van der Waals surface area (Å²) >= 11 is 0. The summed E-state index contributed by atoms with van der Waals surface area (Å²) in [5.41, 5.74) is 1.80. The fourth-order valence-corrected chi connectivity index (χ4v) is 3.27. The summed E-state index contributed by atoms with van der Waals surface area (Å²) in [6.45, 7) is 6.88. The zero-order valence-corrected chi connectivity index (χ0v) is 16.5. The van der Waals surface area contributed by atoms with E-state index in [1.807, 2.05) is 39.8 Å². The number of rotatable bonds is 5. The molecule has 5 nitrogen and oxygen atoms in total. The van der Waals surface area contributed by atoms with Gasteiger partial charge in [-0.2, -0.15) is 0 Å². The van der Waals surface area contributed by atoms with E-state index in [0.29, 0.717) is 17.1 Å². The van der Waals surface area contributed by atoms with Crippen LogP contribution < -0.4 is 4.74 Å². The van der Waals surface area contributed by atoms with Gasteiger partial charge in [0, 0.05) is 29.6 Å². The first-order valence-corrected chi connectivity index (χ1v) is 9.02. The van der Waals surface area contributed by atoms with Crippen molar-refractivity contribution >= 4 is 0 Å². The molecule has 0 saturated carbocycles. The maximum Gasteiger partial charge on any atom is 0.228 e. The third kappa shape index (κ3) is 3.60. The Bertz CT molecular complexity index is 940. The van der Waals surface area contributed by atoms with Crippen molar-refractivity contribution in [3.8, 4) is 16.9 Å². The molecule has 0 aliphatic carbocycles. The summed E-state index contributed by atoms with van der Waals surface area (Å²) in [7, 11) is 0. The summed E-state index contributed by atoms with van der Waals surface area (Å²) < 4.78 is 17.3. The fourth-order valence-electron chi connectivity index (χ4n) is 3.27. The van der Waals surface area contributed by atoms with Crippen LogP contribution in [0.25, 0.3) is 11.1 Å². The second-order valence-corrected chi connectivity index (χ2v) is 7.71. The van der Waals surface area contributed by atoms with Crippen LogP contribution in [0.5, 0.6) is 5.75 Å². The molecule has 0 fully saturated rings. The first-order valence-electron chi connectivity index (χ1n) is 9.02.